The van der Waals surface area contributed by atoms with E-state index in [-0.39, 0.29) is 28.2 Å². The van der Waals surface area contributed by atoms with Gasteiger partial charge in [0.1, 0.15) is 0 Å². The van der Waals surface area contributed by atoms with Crippen molar-refractivity contribution in [3.8, 4) is 11.4 Å². The van der Waals surface area contributed by atoms with Crippen LogP contribution in [0.2, 0.25) is 5.02 Å². The zero-order chi connectivity index (χ0) is 27.1. The minimum absolute atomic E-state index is 0.0277. The predicted octanol–water partition coefficient (Wildman–Crippen LogP) is 5.49. The molecule has 0 aliphatic heterocycles. The van der Waals surface area contributed by atoms with Gasteiger partial charge in [0.25, 0.3) is 10.0 Å². The molecule has 1 aliphatic rings. The molecule has 3 aromatic heterocycles. The standard InChI is InChI=1S/C27H27ClFN5O3S/c1-3-10-27(35)11-4-5-19(13-27)32-25-23(29)15-30-24(33-25)22-16-34(26-21(22)12-18(28)14-31-26)38(36,37)20-8-6-17(2)7-9-20/h3,6-9,12,14-16,19,35H,1,4-5,10-11,13H2,2H3,(H,30,32,33)/t19?,27-/m0/s1. The highest BCUT2D eigenvalue weighted by Gasteiger charge is 2.34. The second-order valence-electron chi connectivity index (χ2n) is 9.73. The molecule has 1 aromatic carbocycles. The molecular weight excluding hydrogens is 529 g/mol. The maximum atomic E-state index is 14.8. The van der Waals surface area contributed by atoms with E-state index in [9.17, 15) is 17.9 Å². The fourth-order valence-electron chi connectivity index (χ4n) is 4.95. The summed E-state index contributed by atoms with van der Waals surface area (Å²) < 4.78 is 42.9. The van der Waals surface area contributed by atoms with Crippen LogP contribution in [0, 0.1) is 12.7 Å². The molecule has 1 unspecified atom stereocenters. The molecule has 3 heterocycles. The molecule has 0 amide bonds. The minimum atomic E-state index is -4.01. The number of aromatic nitrogens is 4. The van der Waals surface area contributed by atoms with Crippen molar-refractivity contribution in [1.29, 1.82) is 0 Å². The summed E-state index contributed by atoms with van der Waals surface area (Å²) in [7, 11) is -4.01. The number of aliphatic hydroxyl groups is 1. The zero-order valence-electron chi connectivity index (χ0n) is 20.7. The Morgan fingerprint density at radius 3 is 2.79 bits per heavy atom. The van der Waals surface area contributed by atoms with Crippen LogP contribution in [0.4, 0.5) is 10.2 Å². The van der Waals surface area contributed by atoms with E-state index < -0.39 is 21.4 Å². The van der Waals surface area contributed by atoms with Crippen molar-refractivity contribution in [3.63, 3.8) is 0 Å². The maximum absolute atomic E-state index is 14.8. The third-order valence-electron chi connectivity index (χ3n) is 6.83. The first-order valence-electron chi connectivity index (χ1n) is 12.2. The van der Waals surface area contributed by atoms with E-state index >= 15 is 0 Å². The first-order chi connectivity index (χ1) is 18.1. The van der Waals surface area contributed by atoms with E-state index in [0.717, 1.165) is 28.6 Å². The number of aryl methyl sites for hydroxylation is 1. The maximum Gasteiger partial charge on any atom is 0.269 e. The number of pyridine rings is 1. The topological polar surface area (TPSA) is 110 Å². The van der Waals surface area contributed by atoms with E-state index in [1.165, 1.54) is 24.5 Å². The van der Waals surface area contributed by atoms with Crippen molar-refractivity contribution in [3.05, 3.63) is 78.0 Å². The summed E-state index contributed by atoms with van der Waals surface area (Å²) >= 11 is 6.21. The summed E-state index contributed by atoms with van der Waals surface area (Å²) in [6, 6.07) is 7.86. The molecule has 2 N–H and O–H groups in total. The normalized spacial score (nSPS) is 19.9. The van der Waals surface area contributed by atoms with Crippen LogP contribution in [0.15, 0.2) is 66.5 Å². The fraction of sp³-hybridized carbons (Fsp3) is 0.296. The lowest BCUT2D eigenvalue weighted by Gasteiger charge is -2.36. The molecule has 1 saturated carbocycles. The van der Waals surface area contributed by atoms with Crippen molar-refractivity contribution in [2.45, 2.75) is 55.6 Å². The second-order valence-corrected chi connectivity index (χ2v) is 12.0. The minimum Gasteiger partial charge on any atom is -0.389 e. The SMILES string of the molecule is C=CC[C@]1(O)CCCC(Nc2nc(-c3cn(S(=O)(=O)c4ccc(C)cc4)c4ncc(Cl)cc34)ncc2F)C1. The highest BCUT2D eigenvalue weighted by Crippen LogP contribution is 2.35. The van der Waals surface area contributed by atoms with Crippen LogP contribution < -0.4 is 5.32 Å². The summed E-state index contributed by atoms with van der Waals surface area (Å²) in [5.41, 5.74) is 0.506. The van der Waals surface area contributed by atoms with Crippen molar-refractivity contribution >= 4 is 38.5 Å². The summed E-state index contributed by atoms with van der Waals surface area (Å²) in [5.74, 6) is -0.572. The lowest BCUT2D eigenvalue weighted by molar-refractivity contribution is 0.00294. The molecule has 5 rings (SSSR count). The van der Waals surface area contributed by atoms with Gasteiger partial charge in [0.05, 0.1) is 21.7 Å². The molecule has 1 fully saturated rings. The van der Waals surface area contributed by atoms with Crippen LogP contribution in [0.5, 0.6) is 0 Å². The molecule has 11 heteroatoms. The van der Waals surface area contributed by atoms with Gasteiger partial charge in [-0.1, -0.05) is 35.4 Å². The first kappa shape index (κ1) is 26.3. The molecule has 2 atom stereocenters. The number of nitrogens with zero attached hydrogens (tertiary/aromatic N) is 4. The van der Waals surface area contributed by atoms with E-state index in [0.29, 0.717) is 35.2 Å². The number of nitrogens with one attached hydrogen (secondary N) is 1. The number of rotatable bonds is 7. The van der Waals surface area contributed by atoms with Crippen molar-refractivity contribution < 1.29 is 17.9 Å². The summed E-state index contributed by atoms with van der Waals surface area (Å²) in [5, 5.41) is 14.7. The van der Waals surface area contributed by atoms with Crippen LogP contribution >= 0.6 is 11.6 Å². The average Bonchev–Trinajstić information content (AvgIpc) is 3.25. The van der Waals surface area contributed by atoms with E-state index in [4.69, 9.17) is 11.6 Å². The van der Waals surface area contributed by atoms with Gasteiger partial charge in [0, 0.05) is 29.4 Å². The number of fused-ring (bicyclic) bond motifs is 1. The molecule has 4 aromatic rings. The Kier molecular flexibility index (Phi) is 6.97. The molecule has 1 aliphatic carbocycles. The van der Waals surface area contributed by atoms with Gasteiger partial charge in [-0.15, -0.1) is 6.58 Å². The van der Waals surface area contributed by atoms with Gasteiger partial charge in [0.15, 0.2) is 23.1 Å². The van der Waals surface area contributed by atoms with E-state index in [1.807, 2.05) is 6.92 Å². The van der Waals surface area contributed by atoms with Gasteiger partial charge in [-0.3, -0.25) is 0 Å². The summed E-state index contributed by atoms with van der Waals surface area (Å²) in [6.07, 6.45) is 8.51. The van der Waals surface area contributed by atoms with Gasteiger partial charge in [-0.25, -0.2) is 31.7 Å². The molecule has 198 valence electrons. The quantitative estimate of drug-likeness (QED) is 0.290. The average molecular weight is 556 g/mol. The highest BCUT2D eigenvalue weighted by molar-refractivity contribution is 7.90. The molecule has 38 heavy (non-hydrogen) atoms. The third-order valence-corrected chi connectivity index (χ3v) is 8.70. The smallest absolute Gasteiger partial charge is 0.269 e. The molecule has 0 spiro atoms. The number of anilines is 1. The van der Waals surface area contributed by atoms with Crippen molar-refractivity contribution in [1.82, 2.24) is 18.9 Å². The monoisotopic (exact) mass is 555 g/mol. The van der Waals surface area contributed by atoms with E-state index in [2.05, 4.69) is 26.8 Å². The molecule has 8 nitrogen and oxygen atoms in total. The molecule has 0 saturated heterocycles. The number of benzene rings is 1. The van der Waals surface area contributed by atoms with Crippen LogP contribution in [0.3, 0.4) is 0 Å². The molecule has 0 radical (unpaired) electrons. The summed E-state index contributed by atoms with van der Waals surface area (Å²) in [6.45, 7) is 5.59. The Morgan fingerprint density at radius 2 is 2.05 bits per heavy atom. The Bertz CT molecular complexity index is 1620. The molecular formula is C27H27ClFN5O3S. The van der Waals surface area contributed by atoms with Crippen molar-refractivity contribution in [2.24, 2.45) is 0 Å². The summed E-state index contributed by atoms with van der Waals surface area (Å²) in [4.78, 5) is 12.9. The third kappa shape index (κ3) is 5.03. The Morgan fingerprint density at radius 1 is 1.29 bits per heavy atom. The van der Waals surface area contributed by atoms with Crippen LogP contribution in [-0.4, -0.2) is 44.1 Å². The Balaban J connectivity index is 1.56. The lowest BCUT2D eigenvalue weighted by Crippen LogP contribution is -2.40. The van der Waals surface area contributed by atoms with Gasteiger partial charge in [0.2, 0.25) is 0 Å². The fourth-order valence-corrected chi connectivity index (χ4v) is 6.43. The Hall–Kier alpha value is -3.34. The van der Waals surface area contributed by atoms with Crippen LogP contribution in [0.1, 0.15) is 37.7 Å². The van der Waals surface area contributed by atoms with Gasteiger partial charge >= 0.3 is 0 Å². The number of hydrogen-bond donors (Lipinski definition) is 2. The largest absolute Gasteiger partial charge is 0.389 e. The van der Waals surface area contributed by atoms with Crippen LogP contribution in [-0.2, 0) is 10.0 Å². The lowest BCUT2D eigenvalue weighted by atomic mass is 9.80. The van der Waals surface area contributed by atoms with Gasteiger partial charge < -0.3 is 10.4 Å². The predicted molar refractivity (Wildman–Crippen MR) is 145 cm³/mol. The zero-order valence-corrected chi connectivity index (χ0v) is 22.3. The molecule has 0 bridgehead atoms. The first-order valence-corrected chi connectivity index (χ1v) is 14.0. The number of halogens is 2. The van der Waals surface area contributed by atoms with E-state index in [1.54, 1.807) is 24.3 Å². The van der Waals surface area contributed by atoms with Gasteiger partial charge in [-0.05, 0) is 57.2 Å². The van der Waals surface area contributed by atoms with Crippen molar-refractivity contribution in [2.75, 3.05) is 5.32 Å². The second kappa shape index (κ2) is 10.1. The number of hydrogen-bond acceptors (Lipinski definition) is 7. The Labute approximate surface area is 225 Å². The highest BCUT2D eigenvalue weighted by atomic mass is 35.5. The van der Waals surface area contributed by atoms with Crippen LogP contribution in [0.25, 0.3) is 22.4 Å². The van der Waals surface area contributed by atoms with Gasteiger partial charge in [-0.2, -0.15) is 0 Å².